The van der Waals surface area contributed by atoms with Crippen LogP contribution in [-0.4, -0.2) is 30.1 Å². The molecule has 0 spiro atoms. The Balaban J connectivity index is 2.15. The maximum Gasteiger partial charge on any atom is 0.337 e. The van der Waals surface area contributed by atoms with E-state index in [4.69, 9.17) is 5.11 Å². The first-order valence-electron chi connectivity index (χ1n) is 6.12. The van der Waals surface area contributed by atoms with Crippen LogP contribution in [0.25, 0.3) is 0 Å². The van der Waals surface area contributed by atoms with Gasteiger partial charge in [-0.1, -0.05) is 15.9 Å². The second-order valence-corrected chi connectivity index (χ2v) is 5.44. The lowest BCUT2D eigenvalue weighted by molar-refractivity contribution is -0.120. The molecule has 0 aromatic heterocycles. The molecule has 1 saturated heterocycles. The van der Waals surface area contributed by atoms with E-state index in [0.29, 0.717) is 12.2 Å². The minimum Gasteiger partial charge on any atom is -0.478 e. The van der Waals surface area contributed by atoms with E-state index in [1.165, 1.54) is 6.07 Å². The van der Waals surface area contributed by atoms with Crippen LogP contribution in [0.1, 0.15) is 23.2 Å². The Bertz CT molecular complexity index is 499. The summed E-state index contributed by atoms with van der Waals surface area (Å²) >= 11 is 3.27. The number of hydrogen-bond acceptors (Lipinski definition) is 3. The van der Waals surface area contributed by atoms with Crippen molar-refractivity contribution in [3.05, 3.63) is 28.2 Å². The van der Waals surface area contributed by atoms with Crippen molar-refractivity contribution in [2.24, 2.45) is 5.92 Å². The Kier molecular flexibility index (Phi) is 4.55. The summed E-state index contributed by atoms with van der Waals surface area (Å²) in [5, 5.41) is 15.0. The number of benzene rings is 1. The molecular weight excluding hydrogens is 312 g/mol. The fourth-order valence-electron chi connectivity index (χ4n) is 2.12. The maximum atomic E-state index is 12.1. The zero-order valence-corrected chi connectivity index (χ0v) is 11.9. The lowest BCUT2D eigenvalue weighted by atomic mass is 9.98. The number of piperidine rings is 1. The van der Waals surface area contributed by atoms with Gasteiger partial charge in [0.25, 0.3) is 0 Å². The molecule has 6 heteroatoms. The maximum absolute atomic E-state index is 12.1. The second kappa shape index (κ2) is 6.16. The number of carboxylic acids is 1. The van der Waals surface area contributed by atoms with E-state index in [1.54, 1.807) is 12.1 Å². The van der Waals surface area contributed by atoms with Crippen molar-refractivity contribution >= 4 is 33.5 Å². The Hall–Kier alpha value is -1.40. The highest BCUT2D eigenvalue weighted by Gasteiger charge is 2.22. The zero-order chi connectivity index (χ0) is 13.8. The molecule has 2 rings (SSSR count). The van der Waals surface area contributed by atoms with Crippen molar-refractivity contribution < 1.29 is 14.7 Å². The van der Waals surface area contributed by atoms with Crippen LogP contribution < -0.4 is 10.6 Å². The minimum atomic E-state index is -1.05. The molecule has 1 heterocycles. The molecule has 1 atom stereocenters. The van der Waals surface area contributed by atoms with E-state index in [1.807, 2.05) is 0 Å². The number of halogens is 1. The van der Waals surface area contributed by atoms with Crippen LogP contribution in [0.15, 0.2) is 22.7 Å². The molecule has 0 aliphatic carbocycles. The Labute approximate surface area is 119 Å². The van der Waals surface area contributed by atoms with Crippen molar-refractivity contribution in [1.82, 2.24) is 5.32 Å². The van der Waals surface area contributed by atoms with Gasteiger partial charge in [-0.2, -0.15) is 0 Å². The molecule has 102 valence electrons. The number of carboxylic acid groups (broad SMARTS) is 1. The fraction of sp³-hybridized carbons (Fsp3) is 0.385. The van der Waals surface area contributed by atoms with Crippen LogP contribution in [0.3, 0.4) is 0 Å². The Morgan fingerprint density at radius 2 is 2.21 bits per heavy atom. The smallest absolute Gasteiger partial charge is 0.337 e. The molecule has 0 bridgehead atoms. The van der Waals surface area contributed by atoms with Gasteiger partial charge in [-0.15, -0.1) is 0 Å². The first kappa shape index (κ1) is 14.0. The highest BCUT2D eigenvalue weighted by Crippen LogP contribution is 2.23. The van der Waals surface area contributed by atoms with E-state index in [2.05, 4.69) is 26.6 Å². The molecule has 1 fully saturated rings. The van der Waals surface area contributed by atoms with E-state index in [9.17, 15) is 9.59 Å². The van der Waals surface area contributed by atoms with Crippen LogP contribution in [0, 0.1) is 5.92 Å². The summed E-state index contributed by atoms with van der Waals surface area (Å²) in [5.74, 6) is -1.29. The van der Waals surface area contributed by atoms with Crippen molar-refractivity contribution in [3.63, 3.8) is 0 Å². The average molecular weight is 327 g/mol. The van der Waals surface area contributed by atoms with Gasteiger partial charge in [-0.25, -0.2) is 4.79 Å². The van der Waals surface area contributed by atoms with Gasteiger partial charge >= 0.3 is 5.97 Å². The number of anilines is 1. The van der Waals surface area contributed by atoms with Gasteiger partial charge in [-0.3, -0.25) is 4.79 Å². The zero-order valence-electron chi connectivity index (χ0n) is 10.3. The molecule has 5 nitrogen and oxygen atoms in total. The van der Waals surface area contributed by atoms with Gasteiger partial charge in [0.2, 0.25) is 5.91 Å². The second-order valence-electron chi connectivity index (χ2n) is 4.53. The molecule has 1 aromatic rings. The third kappa shape index (κ3) is 3.54. The van der Waals surface area contributed by atoms with Crippen molar-refractivity contribution in [2.75, 3.05) is 18.4 Å². The van der Waals surface area contributed by atoms with Gasteiger partial charge in [0.05, 0.1) is 17.2 Å². The van der Waals surface area contributed by atoms with E-state index in [0.717, 1.165) is 23.9 Å². The SMILES string of the molecule is O=C(O)c1ccc(Br)cc1NC(=O)[C@@H]1CCCNC1. The Morgan fingerprint density at radius 3 is 2.84 bits per heavy atom. The molecule has 1 aromatic carbocycles. The summed E-state index contributed by atoms with van der Waals surface area (Å²) in [5.41, 5.74) is 0.428. The lowest BCUT2D eigenvalue weighted by Crippen LogP contribution is -2.37. The molecule has 0 saturated carbocycles. The topological polar surface area (TPSA) is 78.4 Å². The molecule has 1 amide bonds. The van der Waals surface area contributed by atoms with Crippen molar-refractivity contribution in [1.29, 1.82) is 0 Å². The largest absolute Gasteiger partial charge is 0.478 e. The average Bonchev–Trinajstić information content (AvgIpc) is 2.39. The quantitative estimate of drug-likeness (QED) is 0.794. The van der Waals surface area contributed by atoms with E-state index >= 15 is 0 Å². The minimum absolute atomic E-state index is 0.0975. The summed E-state index contributed by atoms with van der Waals surface area (Å²) in [7, 11) is 0. The standard InChI is InChI=1S/C13H15BrN2O3/c14-9-3-4-10(13(18)19)11(6-9)16-12(17)8-2-1-5-15-7-8/h3-4,6,8,15H,1-2,5,7H2,(H,16,17)(H,18,19)/t8-/m1/s1. The predicted octanol–water partition coefficient (Wildman–Crippen LogP) is 2.09. The van der Waals surface area contributed by atoms with Crippen molar-refractivity contribution in [3.8, 4) is 0 Å². The molecule has 3 N–H and O–H groups in total. The summed E-state index contributed by atoms with van der Waals surface area (Å²) in [6.07, 6.45) is 1.79. The molecular formula is C13H15BrN2O3. The highest BCUT2D eigenvalue weighted by atomic mass is 79.9. The molecule has 0 unspecified atom stereocenters. The first-order chi connectivity index (χ1) is 9.08. The summed E-state index contributed by atoms with van der Waals surface area (Å²) in [4.78, 5) is 23.2. The summed E-state index contributed by atoms with van der Waals surface area (Å²) in [6.45, 7) is 1.57. The van der Waals surface area contributed by atoms with Gasteiger partial charge < -0.3 is 15.7 Å². The van der Waals surface area contributed by atoms with Crippen LogP contribution in [0.2, 0.25) is 0 Å². The monoisotopic (exact) mass is 326 g/mol. The highest BCUT2D eigenvalue weighted by molar-refractivity contribution is 9.10. The number of carbonyl (C=O) groups excluding carboxylic acids is 1. The van der Waals surface area contributed by atoms with Crippen LogP contribution in [-0.2, 0) is 4.79 Å². The normalized spacial score (nSPS) is 18.9. The van der Waals surface area contributed by atoms with Crippen molar-refractivity contribution in [2.45, 2.75) is 12.8 Å². The Morgan fingerprint density at radius 1 is 1.42 bits per heavy atom. The molecule has 1 aliphatic rings. The number of nitrogens with one attached hydrogen (secondary N) is 2. The van der Waals surface area contributed by atoms with Crippen LogP contribution in [0.4, 0.5) is 5.69 Å². The third-order valence-corrected chi connectivity index (χ3v) is 3.63. The predicted molar refractivity (Wildman–Crippen MR) is 75.3 cm³/mol. The van der Waals surface area contributed by atoms with Gasteiger partial charge in [0, 0.05) is 11.0 Å². The molecule has 0 radical (unpaired) electrons. The first-order valence-corrected chi connectivity index (χ1v) is 6.91. The van der Waals surface area contributed by atoms with Crippen LogP contribution in [0.5, 0.6) is 0 Å². The van der Waals surface area contributed by atoms with E-state index in [-0.39, 0.29) is 17.4 Å². The lowest BCUT2D eigenvalue weighted by Gasteiger charge is -2.22. The molecule has 19 heavy (non-hydrogen) atoms. The van der Waals surface area contributed by atoms with Gasteiger partial charge in [0.1, 0.15) is 0 Å². The third-order valence-electron chi connectivity index (χ3n) is 3.14. The van der Waals surface area contributed by atoms with Gasteiger partial charge in [-0.05, 0) is 37.6 Å². The molecule has 1 aliphatic heterocycles. The number of amides is 1. The van der Waals surface area contributed by atoms with Crippen LogP contribution >= 0.6 is 15.9 Å². The summed E-state index contributed by atoms with van der Waals surface area (Å²) in [6, 6.07) is 4.72. The fourth-order valence-corrected chi connectivity index (χ4v) is 2.48. The van der Waals surface area contributed by atoms with E-state index < -0.39 is 5.97 Å². The number of rotatable bonds is 3. The number of carbonyl (C=O) groups is 2. The van der Waals surface area contributed by atoms with Gasteiger partial charge in [0.15, 0.2) is 0 Å². The number of hydrogen-bond donors (Lipinski definition) is 3. The summed E-state index contributed by atoms with van der Waals surface area (Å²) < 4.78 is 0.731. The number of aromatic carboxylic acids is 1.